The molecule has 0 radical (unpaired) electrons. The topological polar surface area (TPSA) is 33.7 Å². The van der Waals surface area contributed by atoms with Gasteiger partial charge in [0.2, 0.25) is 0 Å². The van der Waals surface area contributed by atoms with Gasteiger partial charge in [0.25, 0.3) is 0 Å². The highest BCUT2D eigenvalue weighted by Gasteiger charge is 2.06. The maximum absolute atomic E-state index is 5.50. The van der Waals surface area contributed by atoms with Crippen molar-refractivity contribution in [2.45, 2.75) is 26.6 Å². The normalized spacial score (nSPS) is 10.8. The molecule has 0 aliphatic carbocycles. The summed E-state index contributed by atoms with van der Waals surface area (Å²) in [7, 11) is 4.08. The van der Waals surface area contributed by atoms with Crippen molar-refractivity contribution < 1.29 is 9.47 Å². The summed E-state index contributed by atoms with van der Waals surface area (Å²) in [4.78, 5) is 2.09. The zero-order valence-electron chi connectivity index (χ0n) is 12.5. The van der Waals surface area contributed by atoms with Crippen LogP contribution in [0.15, 0.2) is 24.3 Å². The molecule has 19 heavy (non-hydrogen) atoms. The van der Waals surface area contributed by atoms with Crippen LogP contribution < -0.4 is 10.2 Å². The summed E-state index contributed by atoms with van der Waals surface area (Å²) < 4.78 is 11.0. The van der Waals surface area contributed by atoms with Gasteiger partial charge in [0.05, 0.1) is 0 Å². The number of nitrogens with one attached hydrogen (secondary N) is 1. The molecule has 0 atom stereocenters. The molecule has 4 nitrogen and oxygen atoms in total. The molecule has 0 aliphatic rings. The van der Waals surface area contributed by atoms with Crippen molar-refractivity contribution in [3.8, 4) is 0 Å². The van der Waals surface area contributed by atoms with Crippen molar-refractivity contribution in [2.75, 3.05) is 44.1 Å². The van der Waals surface area contributed by atoms with Crippen molar-refractivity contribution >= 4 is 11.4 Å². The standard InChI is InChI=1S/C15H26N2O2/c1-5-18-15(19-6-2)11-12-16-13-7-9-14(10-8-13)17(3)4/h7-10,15-16H,5-6,11-12H2,1-4H3. The van der Waals surface area contributed by atoms with Crippen LogP contribution in [0.1, 0.15) is 20.3 Å². The van der Waals surface area contributed by atoms with E-state index in [1.165, 1.54) is 5.69 Å². The largest absolute Gasteiger partial charge is 0.385 e. The van der Waals surface area contributed by atoms with Gasteiger partial charge in [-0.15, -0.1) is 0 Å². The highest BCUT2D eigenvalue weighted by Crippen LogP contribution is 2.15. The Morgan fingerprint density at radius 2 is 1.63 bits per heavy atom. The van der Waals surface area contributed by atoms with Crippen molar-refractivity contribution in [1.29, 1.82) is 0 Å². The summed E-state index contributed by atoms with van der Waals surface area (Å²) in [5.41, 5.74) is 2.32. The zero-order valence-corrected chi connectivity index (χ0v) is 12.5. The van der Waals surface area contributed by atoms with E-state index in [1.807, 2.05) is 27.9 Å². The minimum Gasteiger partial charge on any atom is -0.385 e. The Morgan fingerprint density at radius 3 is 2.11 bits per heavy atom. The Hall–Kier alpha value is -1.26. The lowest BCUT2D eigenvalue weighted by Gasteiger charge is -2.17. The van der Waals surface area contributed by atoms with Crippen LogP contribution in [-0.2, 0) is 9.47 Å². The number of anilines is 2. The molecule has 0 heterocycles. The van der Waals surface area contributed by atoms with E-state index >= 15 is 0 Å². The van der Waals surface area contributed by atoms with Gasteiger partial charge in [0, 0.05) is 51.6 Å². The second kappa shape index (κ2) is 8.77. The SMILES string of the molecule is CCOC(CCNc1ccc(N(C)C)cc1)OCC. The molecule has 0 fully saturated rings. The maximum Gasteiger partial charge on any atom is 0.159 e. The van der Waals surface area contributed by atoms with Gasteiger partial charge >= 0.3 is 0 Å². The molecule has 4 heteroatoms. The molecule has 0 aromatic heterocycles. The summed E-state index contributed by atoms with van der Waals surface area (Å²) in [6.07, 6.45) is 0.737. The Bertz CT molecular complexity index is 333. The van der Waals surface area contributed by atoms with Crippen LogP contribution in [0.2, 0.25) is 0 Å². The molecule has 108 valence electrons. The van der Waals surface area contributed by atoms with Crippen LogP contribution in [-0.4, -0.2) is 40.1 Å². The third kappa shape index (κ3) is 5.94. The van der Waals surface area contributed by atoms with Crippen molar-refractivity contribution in [3.05, 3.63) is 24.3 Å². The van der Waals surface area contributed by atoms with Crippen molar-refractivity contribution in [2.24, 2.45) is 0 Å². The number of rotatable bonds is 9. The van der Waals surface area contributed by atoms with E-state index in [4.69, 9.17) is 9.47 Å². The fraction of sp³-hybridized carbons (Fsp3) is 0.600. The van der Waals surface area contributed by atoms with E-state index in [9.17, 15) is 0 Å². The van der Waals surface area contributed by atoms with Gasteiger partial charge in [0.1, 0.15) is 0 Å². The van der Waals surface area contributed by atoms with Gasteiger partial charge in [-0.2, -0.15) is 0 Å². The summed E-state index contributed by atoms with van der Waals surface area (Å²) in [5, 5.41) is 3.38. The lowest BCUT2D eigenvalue weighted by Crippen LogP contribution is -2.21. The Labute approximate surface area is 116 Å². The predicted octanol–water partition coefficient (Wildman–Crippen LogP) is 2.95. The molecule has 1 aromatic rings. The lowest BCUT2D eigenvalue weighted by atomic mass is 10.2. The molecule has 0 bridgehead atoms. The van der Waals surface area contributed by atoms with Crippen LogP contribution in [0, 0.1) is 0 Å². The number of benzene rings is 1. The molecule has 0 saturated heterocycles. The second-order valence-corrected chi connectivity index (χ2v) is 4.50. The first-order valence-electron chi connectivity index (χ1n) is 6.91. The van der Waals surface area contributed by atoms with Crippen molar-refractivity contribution in [3.63, 3.8) is 0 Å². The quantitative estimate of drug-likeness (QED) is 0.697. The Kier molecular flexibility index (Phi) is 7.30. The first kappa shape index (κ1) is 15.8. The maximum atomic E-state index is 5.50. The van der Waals surface area contributed by atoms with Gasteiger partial charge in [-0.05, 0) is 38.1 Å². The van der Waals surface area contributed by atoms with Crippen LogP contribution in [0.5, 0.6) is 0 Å². The Morgan fingerprint density at radius 1 is 1.05 bits per heavy atom. The highest BCUT2D eigenvalue weighted by atomic mass is 16.7. The average Bonchev–Trinajstić information content (AvgIpc) is 2.40. The van der Waals surface area contributed by atoms with Crippen molar-refractivity contribution in [1.82, 2.24) is 0 Å². The number of ether oxygens (including phenoxy) is 2. The van der Waals surface area contributed by atoms with Crippen LogP contribution in [0.4, 0.5) is 11.4 Å². The number of nitrogens with zero attached hydrogens (tertiary/aromatic N) is 1. The van der Waals surface area contributed by atoms with E-state index in [1.54, 1.807) is 0 Å². The minimum atomic E-state index is -0.108. The fourth-order valence-electron chi connectivity index (χ4n) is 1.80. The first-order valence-corrected chi connectivity index (χ1v) is 6.91. The van der Waals surface area contributed by atoms with Gasteiger partial charge in [-0.3, -0.25) is 0 Å². The predicted molar refractivity (Wildman–Crippen MR) is 80.9 cm³/mol. The van der Waals surface area contributed by atoms with Gasteiger partial charge in [-0.1, -0.05) is 0 Å². The minimum absolute atomic E-state index is 0.108. The van der Waals surface area contributed by atoms with E-state index in [0.29, 0.717) is 13.2 Å². The van der Waals surface area contributed by atoms with Gasteiger partial charge < -0.3 is 19.7 Å². The summed E-state index contributed by atoms with van der Waals surface area (Å²) in [6, 6.07) is 8.38. The molecule has 1 aromatic carbocycles. The van der Waals surface area contributed by atoms with E-state index in [-0.39, 0.29) is 6.29 Å². The van der Waals surface area contributed by atoms with Gasteiger partial charge in [-0.25, -0.2) is 0 Å². The molecular weight excluding hydrogens is 240 g/mol. The fourth-order valence-corrected chi connectivity index (χ4v) is 1.80. The molecule has 0 aliphatic heterocycles. The van der Waals surface area contributed by atoms with E-state index in [0.717, 1.165) is 18.7 Å². The molecule has 1 N–H and O–H groups in total. The first-order chi connectivity index (χ1) is 9.17. The van der Waals surface area contributed by atoms with E-state index in [2.05, 4.69) is 34.5 Å². The monoisotopic (exact) mass is 266 g/mol. The van der Waals surface area contributed by atoms with Crippen LogP contribution in [0.25, 0.3) is 0 Å². The van der Waals surface area contributed by atoms with Gasteiger partial charge in [0.15, 0.2) is 6.29 Å². The summed E-state index contributed by atoms with van der Waals surface area (Å²) in [6.45, 7) is 6.18. The third-order valence-corrected chi connectivity index (χ3v) is 2.80. The smallest absolute Gasteiger partial charge is 0.159 e. The summed E-state index contributed by atoms with van der Waals surface area (Å²) >= 11 is 0. The Balaban J connectivity index is 2.35. The summed E-state index contributed by atoms with van der Waals surface area (Å²) in [5.74, 6) is 0. The molecular formula is C15H26N2O2. The zero-order chi connectivity index (χ0) is 14.1. The average molecular weight is 266 g/mol. The molecule has 0 unspecified atom stereocenters. The third-order valence-electron chi connectivity index (χ3n) is 2.80. The molecule has 0 amide bonds. The molecule has 0 saturated carbocycles. The molecule has 1 rings (SSSR count). The highest BCUT2D eigenvalue weighted by molar-refractivity contribution is 5.54. The molecule has 0 spiro atoms. The van der Waals surface area contributed by atoms with E-state index < -0.39 is 0 Å². The number of hydrogen-bond donors (Lipinski definition) is 1. The second-order valence-electron chi connectivity index (χ2n) is 4.50. The number of hydrogen-bond acceptors (Lipinski definition) is 4. The lowest BCUT2D eigenvalue weighted by molar-refractivity contribution is -0.137. The van der Waals surface area contributed by atoms with Crippen LogP contribution >= 0.6 is 0 Å². The van der Waals surface area contributed by atoms with Crippen LogP contribution in [0.3, 0.4) is 0 Å².